The van der Waals surface area contributed by atoms with Crippen LogP contribution in [0.15, 0.2) is 30.6 Å². The van der Waals surface area contributed by atoms with Gasteiger partial charge in [0.25, 0.3) is 0 Å². The largest absolute Gasteiger partial charge is 0.416 e. The van der Waals surface area contributed by atoms with Gasteiger partial charge in [-0.2, -0.15) is 18.3 Å². The Morgan fingerprint density at radius 1 is 1.25 bits per heavy atom. The van der Waals surface area contributed by atoms with E-state index in [4.69, 9.17) is 4.74 Å². The van der Waals surface area contributed by atoms with Crippen molar-refractivity contribution >= 4 is 0 Å². The van der Waals surface area contributed by atoms with E-state index in [2.05, 4.69) is 15.4 Å². The van der Waals surface area contributed by atoms with Crippen LogP contribution in [0, 0.1) is 0 Å². The Morgan fingerprint density at radius 2 is 2.04 bits per heavy atom. The topological polar surface area (TPSA) is 52.0 Å². The molecule has 1 aromatic carbocycles. The first-order valence-corrected chi connectivity index (χ1v) is 7.89. The van der Waals surface area contributed by atoms with Gasteiger partial charge in [-0.1, -0.05) is 12.1 Å². The van der Waals surface area contributed by atoms with Gasteiger partial charge in [-0.3, -0.25) is 4.68 Å². The van der Waals surface area contributed by atoms with Gasteiger partial charge in [-0.05, 0) is 30.5 Å². The smallest absolute Gasteiger partial charge is 0.378 e. The minimum atomic E-state index is -4.29. The van der Waals surface area contributed by atoms with Gasteiger partial charge < -0.3 is 10.1 Å². The second-order valence-electron chi connectivity index (χ2n) is 5.75. The van der Waals surface area contributed by atoms with Crippen molar-refractivity contribution in [2.75, 3.05) is 19.8 Å². The third kappa shape index (κ3) is 4.33. The Hall–Kier alpha value is -1.93. The molecule has 24 heavy (non-hydrogen) atoms. The second kappa shape index (κ2) is 7.31. The summed E-state index contributed by atoms with van der Waals surface area (Å²) in [4.78, 5) is 4.29. The molecule has 1 N–H and O–H groups in total. The zero-order valence-electron chi connectivity index (χ0n) is 13.1. The van der Waals surface area contributed by atoms with Crippen LogP contribution >= 0.6 is 0 Å². The van der Waals surface area contributed by atoms with E-state index in [1.54, 1.807) is 11.0 Å². The molecule has 0 bridgehead atoms. The molecular formula is C16H19F3N4O. The Balaban J connectivity index is 1.49. The maximum Gasteiger partial charge on any atom is 0.416 e. The molecule has 0 spiro atoms. The van der Waals surface area contributed by atoms with Crippen molar-refractivity contribution < 1.29 is 17.9 Å². The maximum absolute atomic E-state index is 12.5. The molecule has 1 aromatic heterocycles. The predicted octanol–water partition coefficient (Wildman–Crippen LogP) is 2.59. The molecule has 0 amide bonds. The Morgan fingerprint density at radius 3 is 2.71 bits per heavy atom. The second-order valence-corrected chi connectivity index (χ2v) is 5.75. The number of benzene rings is 1. The highest BCUT2D eigenvalue weighted by molar-refractivity contribution is 5.24. The van der Waals surface area contributed by atoms with Crippen molar-refractivity contribution in [3.63, 3.8) is 0 Å². The van der Waals surface area contributed by atoms with Crippen LogP contribution in [0.5, 0.6) is 0 Å². The summed E-state index contributed by atoms with van der Waals surface area (Å²) in [6.07, 6.45) is -1.13. The normalized spacial score (nSPS) is 18.7. The first-order valence-electron chi connectivity index (χ1n) is 7.89. The molecule has 1 aliphatic rings. The highest BCUT2D eigenvalue weighted by atomic mass is 19.4. The molecule has 0 saturated carbocycles. The Bertz CT molecular complexity index is 648. The minimum absolute atomic E-state index is 0.0231. The number of ether oxygens (including phenoxy) is 1. The quantitative estimate of drug-likeness (QED) is 0.909. The van der Waals surface area contributed by atoms with Crippen LogP contribution in [0.2, 0.25) is 0 Å². The van der Waals surface area contributed by atoms with Gasteiger partial charge in [0.05, 0.1) is 24.8 Å². The summed E-state index contributed by atoms with van der Waals surface area (Å²) in [5, 5.41) is 7.72. The molecule has 1 atom stereocenters. The number of halogens is 3. The van der Waals surface area contributed by atoms with E-state index >= 15 is 0 Å². The van der Waals surface area contributed by atoms with E-state index < -0.39 is 11.7 Å². The lowest BCUT2D eigenvalue weighted by Gasteiger charge is -2.20. The van der Waals surface area contributed by atoms with Crippen molar-refractivity contribution in [3.05, 3.63) is 47.5 Å². The van der Waals surface area contributed by atoms with Gasteiger partial charge >= 0.3 is 6.18 Å². The van der Waals surface area contributed by atoms with Crippen molar-refractivity contribution in [1.82, 2.24) is 20.1 Å². The van der Waals surface area contributed by atoms with Gasteiger partial charge in [0.2, 0.25) is 0 Å². The molecule has 0 aliphatic carbocycles. The average molecular weight is 340 g/mol. The standard InChI is InChI=1S/C16H19F3N4O/c17-16(18,19)13-5-3-12(4-6-13)2-1-8-23-11-21-15(22-23)14-10-24-9-7-20-14/h3-6,11,14,20H,1-2,7-10H2. The van der Waals surface area contributed by atoms with Crippen molar-refractivity contribution in [1.29, 1.82) is 0 Å². The van der Waals surface area contributed by atoms with E-state index in [0.717, 1.165) is 30.7 Å². The van der Waals surface area contributed by atoms with Gasteiger partial charge in [0.15, 0.2) is 5.82 Å². The van der Waals surface area contributed by atoms with Crippen molar-refractivity contribution in [2.24, 2.45) is 0 Å². The van der Waals surface area contributed by atoms with Gasteiger partial charge in [0.1, 0.15) is 6.33 Å². The molecule has 1 fully saturated rings. The zero-order chi connectivity index (χ0) is 17.0. The zero-order valence-corrected chi connectivity index (χ0v) is 13.1. The molecule has 1 saturated heterocycles. The molecule has 5 nitrogen and oxygen atoms in total. The summed E-state index contributed by atoms with van der Waals surface area (Å²) in [5.41, 5.74) is 0.264. The molecule has 2 heterocycles. The van der Waals surface area contributed by atoms with E-state index in [1.807, 2.05) is 0 Å². The molecule has 130 valence electrons. The molecular weight excluding hydrogens is 321 g/mol. The van der Waals surface area contributed by atoms with Crippen molar-refractivity contribution in [2.45, 2.75) is 31.6 Å². The Kier molecular flexibility index (Phi) is 5.15. The maximum atomic E-state index is 12.5. The number of aryl methyl sites for hydroxylation is 2. The van der Waals surface area contributed by atoms with E-state index in [-0.39, 0.29) is 6.04 Å². The fraction of sp³-hybridized carbons (Fsp3) is 0.500. The van der Waals surface area contributed by atoms with E-state index in [0.29, 0.717) is 32.0 Å². The number of nitrogens with one attached hydrogen (secondary N) is 1. The fourth-order valence-corrected chi connectivity index (χ4v) is 2.61. The number of alkyl halides is 3. The fourth-order valence-electron chi connectivity index (χ4n) is 2.61. The molecule has 0 radical (unpaired) electrons. The summed E-state index contributed by atoms with van der Waals surface area (Å²) in [6.45, 7) is 2.72. The SMILES string of the molecule is FC(F)(F)c1ccc(CCCn2cnc(C3COCCN3)n2)cc1. The number of nitrogens with zero attached hydrogens (tertiary/aromatic N) is 3. The number of hydrogen-bond acceptors (Lipinski definition) is 4. The minimum Gasteiger partial charge on any atom is -0.378 e. The lowest BCUT2D eigenvalue weighted by molar-refractivity contribution is -0.137. The first-order chi connectivity index (χ1) is 11.5. The number of aromatic nitrogens is 3. The lowest BCUT2D eigenvalue weighted by Crippen LogP contribution is -2.35. The van der Waals surface area contributed by atoms with Crippen LogP contribution in [0.1, 0.15) is 29.4 Å². The van der Waals surface area contributed by atoms with Crippen LogP contribution in [-0.2, 0) is 23.9 Å². The van der Waals surface area contributed by atoms with Crippen molar-refractivity contribution in [3.8, 4) is 0 Å². The number of hydrogen-bond donors (Lipinski definition) is 1. The van der Waals surface area contributed by atoms with Gasteiger partial charge in [0, 0.05) is 13.1 Å². The highest BCUT2D eigenvalue weighted by Gasteiger charge is 2.29. The summed E-state index contributed by atoms with van der Waals surface area (Å²) in [6, 6.07) is 5.32. The summed E-state index contributed by atoms with van der Waals surface area (Å²) in [5.74, 6) is 0.712. The monoisotopic (exact) mass is 340 g/mol. The van der Waals surface area contributed by atoms with Crippen LogP contribution in [0.3, 0.4) is 0 Å². The summed E-state index contributed by atoms with van der Waals surface area (Å²) < 4.78 is 44.7. The number of rotatable bonds is 5. The van der Waals surface area contributed by atoms with Gasteiger partial charge in [-0.25, -0.2) is 4.98 Å². The molecule has 8 heteroatoms. The van der Waals surface area contributed by atoms with Crippen LogP contribution in [0.4, 0.5) is 13.2 Å². The lowest BCUT2D eigenvalue weighted by atomic mass is 10.1. The third-order valence-corrected chi connectivity index (χ3v) is 3.92. The van der Waals surface area contributed by atoms with Crippen LogP contribution in [0.25, 0.3) is 0 Å². The first kappa shape index (κ1) is 16.9. The predicted molar refractivity (Wildman–Crippen MR) is 81.3 cm³/mol. The third-order valence-electron chi connectivity index (χ3n) is 3.92. The van der Waals surface area contributed by atoms with Crippen LogP contribution < -0.4 is 5.32 Å². The molecule has 3 rings (SSSR count). The average Bonchev–Trinajstić information content (AvgIpc) is 3.04. The van der Waals surface area contributed by atoms with Crippen LogP contribution in [-0.4, -0.2) is 34.5 Å². The highest BCUT2D eigenvalue weighted by Crippen LogP contribution is 2.29. The number of morpholine rings is 1. The van der Waals surface area contributed by atoms with Gasteiger partial charge in [-0.15, -0.1) is 0 Å². The molecule has 1 aliphatic heterocycles. The molecule has 2 aromatic rings. The van der Waals surface area contributed by atoms with E-state index in [1.165, 1.54) is 12.1 Å². The summed E-state index contributed by atoms with van der Waals surface area (Å²) in [7, 11) is 0. The summed E-state index contributed by atoms with van der Waals surface area (Å²) >= 11 is 0. The molecule has 1 unspecified atom stereocenters. The Labute approximate surface area is 137 Å². The van der Waals surface area contributed by atoms with E-state index in [9.17, 15) is 13.2 Å².